The number of rotatable bonds is 3. The molecule has 26 heavy (non-hydrogen) atoms. The molecule has 0 radical (unpaired) electrons. The highest BCUT2D eigenvalue weighted by Crippen LogP contribution is 2.28. The number of fused-ring (bicyclic) bond motifs is 1. The molecular weight excluding hydrogens is 336 g/mol. The lowest BCUT2D eigenvalue weighted by Gasteiger charge is -2.36. The summed E-state index contributed by atoms with van der Waals surface area (Å²) in [4.78, 5) is 25.4. The molecule has 3 heterocycles. The highest BCUT2D eigenvalue weighted by Gasteiger charge is 2.32. The number of ether oxygens (including phenoxy) is 1. The van der Waals surface area contributed by atoms with Gasteiger partial charge in [0.05, 0.1) is 18.4 Å². The predicted molar refractivity (Wildman–Crippen MR) is 93.0 cm³/mol. The molecule has 2 aliphatic rings. The van der Waals surface area contributed by atoms with Gasteiger partial charge in [0.25, 0.3) is 5.91 Å². The summed E-state index contributed by atoms with van der Waals surface area (Å²) >= 11 is 0. The molecule has 2 aromatic rings. The molecule has 2 atom stereocenters. The number of β-amino-alcohol motifs (C(OH)–C–C–N with tert-alkyl or cyclic N) is 1. The van der Waals surface area contributed by atoms with E-state index < -0.39 is 6.10 Å². The second kappa shape index (κ2) is 6.84. The Hall–Kier alpha value is -2.80. The molecule has 136 valence electrons. The second-order valence-corrected chi connectivity index (χ2v) is 6.64. The minimum Gasteiger partial charge on any atom is -0.488 e. The Labute approximate surface area is 150 Å². The quantitative estimate of drug-likeness (QED) is 0.875. The van der Waals surface area contributed by atoms with Gasteiger partial charge in [-0.2, -0.15) is 0 Å². The molecule has 2 amide bonds. The molecule has 1 aromatic heterocycles. The number of nitrogens with one attached hydrogen (secondary N) is 1. The maximum Gasteiger partial charge on any atom is 0.257 e. The van der Waals surface area contributed by atoms with Gasteiger partial charge in [0.2, 0.25) is 5.91 Å². The number of piperidine rings is 1. The third kappa shape index (κ3) is 3.30. The number of nitrogens with zero attached hydrogens (tertiary/aromatic N) is 1. The van der Waals surface area contributed by atoms with Crippen LogP contribution in [0.25, 0.3) is 0 Å². The normalized spacial score (nSPS) is 22.5. The van der Waals surface area contributed by atoms with Crippen LogP contribution in [0.3, 0.4) is 0 Å². The fourth-order valence-electron chi connectivity index (χ4n) is 3.41. The average molecular weight is 356 g/mol. The molecule has 0 unspecified atom stereocenters. The first-order chi connectivity index (χ1) is 12.6. The van der Waals surface area contributed by atoms with Crippen LogP contribution in [0, 0.1) is 0 Å². The molecule has 7 heteroatoms. The Morgan fingerprint density at radius 2 is 2.19 bits per heavy atom. The van der Waals surface area contributed by atoms with Gasteiger partial charge in [-0.05, 0) is 36.2 Å². The molecule has 2 N–H and O–H groups in total. The number of hydrogen-bond donors (Lipinski definition) is 2. The van der Waals surface area contributed by atoms with Gasteiger partial charge in [-0.1, -0.05) is 0 Å². The summed E-state index contributed by atoms with van der Waals surface area (Å²) in [6, 6.07) is 7.14. The zero-order chi connectivity index (χ0) is 18.1. The van der Waals surface area contributed by atoms with Crippen molar-refractivity contribution in [1.82, 2.24) is 4.90 Å². The molecule has 1 fully saturated rings. The summed E-state index contributed by atoms with van der Waals surface area (Å²) in [5, 5.41) is 13.3. The second-order valence-electron chi connectivity index (χ2n) is 6.64. The van der Waals surface area contributed by atoms with E-state index in [2.05, 4.69) is 5.32 Å². The number of hydrogen-bond acceptors (Lipinski definition) is 5. The van der Waals surface area contributed by atoms with E-state index in [1.54, 1.807) is 17.0 Å². The largest absolute Gasteiger partial charge is 0.488 e. The SMILES string of the molecule is O=C1CCc2cc(O[C@@H]3CCN(C(=O)c4ccoc4)C[C@H]3O)ccc2N1. The molecule has 1 saturated heterocycles. The van der Waals surface area contributed by atoms with E-state index in [1.807, 2.05) is 12.1 Å². The van der Waals surface area contributed by atoms with Crippen LogP contribution < -0.4 is 10.1 Å². The Balaban J connectivity index is 1.39. The van der Waals surface area contributed by atoms with Crippen LogP contribution in [0.2, 0.25) is 0 Å². The van der Waals surface area contributed by atoms with Crippen molar-refractivity contribution in [1.29, 1.82) is 0 Å². The molecule has 4 rings (SSSR count). The van der Waals surface area contributed by atoms with E-state index in [9.17, 15) is 14.7 Å². The van der Waals surface area contributed by atoms with Crippen molar-refractivity contribution in [2.45, 2.75) is 31.5 Å². The fraction of sp³-hybridized carbons (Fsp3) is 0.368. The first-order valence-corrected chi connectivity index (χ1v) is 8.69. The summed E-state index contributed by atoms with van der Waals surface area (Å²) in [5.41, 5.74) is 2.33. The predicted octanol–water partition coefficient (Wildman–Crippen LogP) is 1.82. The fourth-order valence-corrected chi connectivity index (χ4v) is 3.41. The van der Waals surface area contributed by atoms with Gasteiger partial charge in [-0.3, -0.25) is 9.59 Å². The minimum atomic E-state index is -0.768. The maximum absolute atomic E-state index is 12.3. The van der Waals surface area contributed by atoms with Gasteiger partial charge in [0.15, 0.2) is 0 Å². The third-order valence-corrected chi connectivity index (χ3v) is 4.84. The number of carbonyl (C=O) groups is 2. The van der Waals surface area contributed by atoms with Gasteiger partial charge in [0.1, 0.15) is 24.2 Å². The lowest BCUT2D eigenvalue weighted by molar-refractivity contribution is -0.116. The lowest BCUT2D eigenvalue weighted by atomic mass is 10.0. The van der Waals surface area contributed by atoms with Crippen LogP contribution >= 0.6 is 0 Å². The van der Waals surface area contributed by atoms with E-state index in [-0.39, 0.29) is 24.5 Å². The smallest absolute Gasteiger partial charge is 0.257 e. The molecule has 0 bridgehead atoms. The van der Waals surface area contributed by atoms with Crippen molar-refractivity contribution in [3.63, 3.8) is 0 Å². The number of aliphatic hydroxyl groups excluding tert-OH is 1. The summed E-state index contributed by atoms with van der Waals surface area (Å²) < 4.78 is 10.9. The van der Waals surface area contributed by atoms with Crippen molar-refractivity contribution >= 4 is 17.5 Å². The van der Waals surface area contributed by atoms with Crippen molar-refractivity contribution in [2.24, 2.45) is 0 Å². The first-order valence-electron chi connectivity index (χ1n) is 8.69. The van der Waals surface area contributed by atoms with Crippen LogP contribution in [0.4, 0.5) is 5.69 Å². The first kappa shape index (κ1) is 16.7. The molecule has 0 spiro atoms. The summed E-state index contributed by atoms with van der Waals surface area (Å²) in [6.07, 6.45) is 3.40. The lowest BCUT2D eigenvalue weighted by Crippen LogP contribution is -2.50. The molecular formula is C19H20N2O5. The number of furan rings is 1. The minimum absolute atomic E-state index is 0.0243. The highest BCUT2D eigenvalue weighted by atomic mass is 16.5. The monoisotopic (exact) mass is 356 g/mol. The number of anilines is 1. The van der Waals surface area contributed by atoms with E-state index in [0.717, 1.165) is 11.3 Å². The molecule has 1 aromatic carbocycles. The van der Waals surface area contributed by atoms with Crippen LogP contribution in [0.1, 0.15) is 28.8 Å². The summed E-state index contributed by atoms with van der Waals surface area (Å²) in [7, 11) is 0. The average Bonchev–Trinajstić information content (AvgIpc) is 3.17. The molecule has 2 aliphatic heterocycles. The van der Waals surface area contributed by atoms with Gasteiger partial charge in [-0.25, -0.2) is 0 Å². The molecule has 0 saturated carbocycles. The molecule has 0 aliphatic carbocycles. The van der Waals surface area contributed by atoms with E-state index in [4.69, 9.17) is 9.15 Å². The standard InChI is InChI=1S/C19H20N2O5/c22-16-10-21(19(24)13-6-8-25-11-13)7-5-17(16)26-14-2-3-15-12(9-14)1-4-18(23)20-15/h2-3,6,8-9,11,16-17,22H,1,4-5,7,10H2,(H,20,23)/t16-,17-/m1/s1. The number of amides is 2. The van der Waals surface area contributed by atoms with E-state index >= 15 is 0 Å². The Kier molecular flexibility index (Phi) is 4.38. The summed E-state index contributed by atoms with van der Waals surface area (Å²) in [5.74, 6) is 0.538. The van der Waals surface area contributed by atoms with Crippen LogP contribution in [-0.4, -0.2) is 47.1 Å². The van der Waals surface area contributed by atoms with Crippen molar-refractivity contribution in [2.75, 3.05) is 18.4 Å². The van der Waals surface area contributed by atoms with Crippen LogP contribution in [0.15, 0.2) is 41.2 Å². The Morgan fingerprint density at radius 1 is 1.31 bits per heavy atom. The van der Waals surface area contributed by atoms with Gasteiger partial charge in [-0.15, -0.1) is 0 Å². The van der Waals surface area contributed by atoms with Crippen molar-refractivity contribution < 1.29 is 23.8 Å². The molecule has 7 nitrogen and oxygen atoms in total. The van der Waals surface area contributed by atoms with Gasteiger partial charge in [0, 0.05) is 25.1 Å². The third-order valence-electron chi connectivity index (χ3n) is 4.84. The number of aliphatic hydroxyl groups is 1. The topological polar surface area (TPSA) is 92.0 Å². The van der Waals surface area contributed by atoms with Crippen molar-refractivity contribution in [3.05, 3.63) is 47.9 Å². The number of carbonyl (C=O) groups excluding carboxylic acids is 2. The zero-order valence-electron chi connectivity index (χ0n) is 14.2. The van der Waals surface area contributed by atoms with Gasteiger partial charge < -0.3 is 24.5 Å². The van der Waals surface area contributed by atoms with Crippen LogP contribution in [-0.2, 0) is 11.2 Å². The van der Waals surface area contributed by atoms with E-state index in [1.165, 1.54) is 12.5 Å². The van der Waals surface area contributed by atoms with Gasteiger partial charge >= 0.3 is 0 Å². The number of benzene rings is 1. The van der Waals surface area contributed by atoms with Crippen LogP contribution in [0.5, 0.6) is 5.75 Å². The highest BCUT2D eigenvalue weighted by molar-refractivity contribution is 5.94. The summed E-state index contributed by atoms with van der Waals surface area (Å²) in [6.45, 7) is 0.725. The number of aryl methyl sites for hydroxylation is 1. The Bertz CT molecular complexity index is 817. The maximum atomic E-state index is 12.3. The zero-order valence-corrected chi connectivity index (χ0v) is 14.2. The van der Waals surface area contributed by atoms with E-state index in [0.29, 0.717) is 37.1 Å². The van der Waals surface area contributed by atoms with Crippen molar-refractivity contribution in [3.8, 4) is 5.75 Å². The Morgan fingerprint density at radius 3 is 2.96 bits per heavy atom. The number of likely N-dealkylation sites (tertiary alicyclic amines) is 1.